The number of hydrogen-bond acceptors (Lipinski definition) is 3. The van der Waals surface area contributed by atoms with Crippen molar-refractivity contribution in [2.75, 3.05) is 19.6 Å². The van der Waals surface area contributed by atoms with Crippen LogP contribution in [0, 0.1) is 0 Å². The van der Waals surface area contributed by atoms with Crippen LogP contribution in [0.1, 0.15) is 31.4 Å². The number of likely N-dealkylation sites (tertiary alicyclic amines) is 1. The van der Waals surface area contributed by atoms with Gasteiger partial charge in [0.1, 0.15) is 0 Å². The highest BCUT2D eigenvalue weighted by Gasteiger charge is 2.23. The number of aromatic nitrogens is 1. The predicted octanol–water partition coefficient (Wildman–Crippen LogP) is 3.03. The first kappa shape index (κ1) is 10.8. The summed E-state index contributed by atoms with van der Waals surface area (Å²) < 4.78 is 5.39. The molecule has 1 aliphatic heterocycles. The van der Waals surface area contributed by atoms with E-state index in [1.807, 2.05) is 12.1 Å². The molecule has 3 rings (SSSR count). The van der Waals surface area contributed by atoms with Gasteiger partial charge >= 0.3 is 0 Å². The smallest absolute Gasteiger partial charge is 0.167 e. The monoisotopic (exact) mass is 230 g/mol. The Bertz CT molecular complexity index is 498. The Hall–Kier alpha value is -1.35. The van der Waals surface area contributed by atoms with Gasteiger partial charge in [-0.05, 0) is 44.6 Å². The van der Waals surface area contributed by atoms with Crippen LogP contribution in [0.3, 0.4) is 0 Å². The lowest BCUT2D eigenvalue weighted by Crippen LogP contribution is -2.32. The van der Waals surface area contributed by atoms with E-state index in [2.05, 4.69) is 29.1 Å². The molecular formula is C14H18N2O. The fourth-order valence-electron chi connectivity index (χ4n) is 2.72. The minimum atomic E-state index is 0.571. The molecule has 0 amide bonds. The zero-order chi connectivity index (χ0) is 11.7. The van der Waals surface area contributed by atoms with E-state index in [9.17, 15) is 0 Å². The second kappa shape index (κ2) is 4.49. The molecule has 1 fully saturated rings. The Morgan fingerprint density at radius 3 is 2.82 bits per heavy atom. The first-order valence-corrected chi connectivity index (χ1v) is 6.45. The molecule has 0 N–H and O–H groups in total. The molecule has 2 heterocycles. The Balaban J connectivity index is 1.85. The molecule has 1 aliphatic rings. The second-order valence-electron chi connectivity index (χ2n) is 4.77. The number of nitrogens with zero attached hydrogens (tertiary/aromatic N) is 2. The lowest BCUT2D eigenvalue weighted by atomic mass is 9.92. The van der Waals surface area contributed by atoms with Crippen molar-refractivity contribution in [1.82, 2.24) is 10.1 Å². The fourth-order valence-corrected chi connectivity index (χ4v) is 2.72. The Labute approximate surface area is 101 Å². The molecule has 1 aromatic heterocycles. The van der Waals surface area contributed by atoms with Crippen LogP contribution in [0.2, 0.25) is 0 Å². The summed E-state index contributed by atoms with van der Waals surface area (Å²) in [7, 11) is 0. The van der Waals surface area contributed by atoms with Gasteiger partial charge in [-0.3, -0.25) is 0 Å². The molecule has 0 saturated carbocycles. The van der Waals surface area contributed by atoms with Crippen molar-refractivity contribution in [3.05, 3.63) is 30.0 Å². The zero-order valence-electron chi connectivity index (χ0n) is 10.2. The van der Waals surface area contributed by atoms with Crippen molar-refractivity contribution in [2.24, 2.45) is 0 Å². The average molecular weight is 230 g/mol. The van der Waals surface area contributed by atoms with E-state index >= 15 is 0 Å². The van der Waals surface area contributed by atoms with E-state index in [-0.39, 0.29) is 0 Å². The molecule has 90 valence electrons. The van der Waals surface area contributed by atoms with E-state index in [1.54, 1.807) is 0 Å². The maximum absolute atomic E-state index is 5.39. The highest BCUT2D eigenvalue weighted by Crippen LogP contribution is 2.32. The van der Waals surface area contributed by atoms with Gasteiger partial charge in [0.2, 0.25) is 0 Å². The number of para-hydroxylation sites is 1. The Morgan fingerprint density at radius 2 is 2.06 bits per heavy atom. The number of hydrogen-bond donors (Lipinski definition) is 0. The summed E-state index contributed by atoms with van der Waals surface area (Å²) in [5.74, 6) is 0.571. The zero-order valence-corrected chi connectivity index (χ0v) is 10.2. The van der Waals surface area contributed by atoms with Crippen LogP contribution in [-0.4, -0.2) is 29.7 Å². The van der Waals surface area contributed by atoms with Crippen LogP contribution < -0.4 is 0 Å². The van der Waals surface area contributed by atoms with Gasteiger partial charge in [-0.15, -0.1) is 0 Å². The molecule has 1 saturated heterocycles. The number of benzene rings is 1. The summed E-state index contributed by atoms with van der Waals surface area (Å²) in [6, 6.07) is 8.17. The molecule has 0 bridgehead atoms. The summed E-state index contributed by atoms with van der Waals surface area (Å²) in [6.07, 6.45) is 2.40. The third-order valence-electron chi connectivity index (χ3n) is 3.83. The van der Waals surface area contributed by atoms with Crippen molar-refractivity contribution in [2.45, 2.75) is 25.7 Å². The summed E-state index contributed by atoms with van der Waals surface area (Å²) in [4.78, 5) is 2.50. The molecule has 2 aromatic rings. The molecule has 1 aromatic carbocycles. The highest BCUT2D eigenvalue weighted by atomic mass is 16.5. The minimum absolute atomic E-state index is 0.571. The SMILES string of the molecule is CCN1CCC(c2noc3ccccc23)CC1. The lowest BCUT2D eigenvalue weighted by Gasteiger charge is -2.29. The van der Waals surface area contributed by atoms with Crippen molar-refractivity contribution >= 4 is 11.0 Å². The maximum atomic E-state index is 5.39. The van der Waals surface area contributed by atoms with E-state index in [0.29, 0.717) is 5.92 Å². The summed E-state index contributed by atoms with van der Waals surface area (Å²) in [5, 5.41) is 5.47. The van der Waals surface area contributed by atoms with Crippen molar-refractivity contribution in [3.63, 3.8) is 0 Å². The number of fused-ring (bicyclic) bond motifs is 1. The van der Waals surface area contributed by atoms with Crippen LogP contribution in [0.25, 0.3) is 11.0 Å². The highest BCUT2D eigenvalue weighted by molar-refractivity contribution is 5.79. The number of piperidine rings is 1. The number of rotatable bonds is 2. The minimum Gasteiger partial charge on any atom is -0.356 e. The molecule has 0 unspecified atom stereocenters. The largest absolute Gasteiger partial charge is 0.356 e. The first-order chi connectivity index (χ1) is 8.38. The van der Waals surface area contributed by atoms with E-state index in [4.69, 9.17) is 4.52 Å². The Morgan fingerprint density at radius 1 is 1.29 bits per heavy atom. The van der Waals surface area contributed by atoms with Crippen molar-refractivity contribution in [1.29, 1.82) is 0 Å². The van der Waals surface area contributed by atoms with Gasteiger partial charge in [0.15, 0.2) is 5.58 Å². The molecule has 0 radical (unpaired) electrons. The molecule has 0 spiro atoms. The van der Waals surface area contributed by atoms with Crippen LogP contribution in [-0.2, 0) is 0 Å². The summed E-state index contributed by atoms with van der Waals surface area (Å²) in [6.45, 7) is 5.75. The Kier molecular flexibility index (Phi) is 2.85. The fraction of sp³-hybridized carbons (Fsp3) is 0.500. The standard InChI is InChI=1S/C14H18N2O/c1-2-16-9-7-11(8-10-16)14-12-5-3-4-6-13(12)17-15-14/h3-6,11H,2,7-10H2,1H3. The topological polar surface area (TPSA) is 29.3 Å². The van der Waals surface area contributed by atoms with Gasteiger partial charge < -0.3 is 9.42 Å². The van der Waals surface area contributed by atoms with Crippen LogP contribution in [0.4, 0.5) is 0 Å². The van der Waals surface area contributed by atoms with Gasteiger partial charge in [0.25, 0.3) is 0 Å². The molecule has 0 aliphatic carbocycles. The van der Waals surface area contributed by atoms with Crippen LogP contribution >= 0.6 is 0 Å². The lowest BCUT2D eigenvalue weighted by molar-refractivity contribution is 0.219. The van der Waals surface area contributed by atoms with Crippen molar-refractivity contribution < 1.29 is 4.52 Å². The quantitative estimate of drug-likeness (QED) is 0.794. The van der Waals surface area contributed by atoms with Crippen molar-refractivity contribution in [3.8, 4) is 0 Å². The summed E-state index contributed by atoms with van der Waals surface area (Å²) in [5.41, 5.74) is 2.08. The molecule has 17 heavy (non-hydrogen) atoms. The van der Waals surface area contributed by atoms with Crippen LogP contribution in [0.15, 0.2) is 28.8 Å². The van der Waals surface area contributed by atoms with E-state index < -0.39 is 0 Å². The molecule has 0 atom stereocenters. The van der Waals surface area contributed by atoms with Gasteiger partial charge in [-0.25, -0.2) is 0 Å². The van der Waals surface area contributed by atoms with Crippen LogP contribution in [0.5, 0.6) is 0 Å². The molecule has 3 nitrogen and oxygen atoms in total. The van der Waals surface area contributed by atoms with Gasteiger partial charge in [0, 0.05) is 11.3 Å². The molecular weight excluding hydrogens is 212 g/mol. The van der Waals surface area contributed by atoms with E-state index in [0.717, 1.165) is 17.8 Å². The maximum Gasteiger partial charge on any atom is 0.167 e. The van der Waals surface area contributed by atoms with Gasteiger partial charge in [0.05, 0.1) is 5.69 Å². The molecule has 3 heteroatoms. The van der Waals surface area contributed by atoms with Gasteiger partial charge in [-0.1, -0.05) is 24.2 Å². The third kappa shape index (κ3) is 1.95. The predicted molar refractivity (Wildman–Crippen MR) is 68.1 cm³/mol. The normalized spacial score (nSPS) is 18.9. The van der Waals surface area contributed by atoms with E-state index in [1.165, 1.54) is 31.3 Å². The second-order valence-corrected chi connectivity index (χ2v) is 4.77. The summed E-state index contributed by atoms with van der Waals surface area (Å²) >= 11 is 0. The first-order valence-electron chi connectivity index (χ1n) is 6.45. The average Bonchev–Trinajstić information content (AvgIpc) is 2.83. The third-order valence-corrected chi connectivity index (χ3v) is 3.83. The van der Waals surface area contributed by atoms with Gasteiger partial charge in [-0.2, -0.15) is 0 Å².